The Labute approximate surface area is 195 Å². The molecule has 5 rings (SSSR count). The van der Waals surface area contributed by atoms with Crippen LogP contribution in [-0.2, 0) is 22.6 Å². The zero-order valence-electron chi connectivity index (χ0n) is 19.2. The van der Waals surface area contributed by atoms with Gasteiger partial charge in [-0.15, -0.1) is 0 Å². The maximum absolute atomic E-state index is 13.4. The summed E-state index contributed by atoms with van der Waals surface area (Å²) in [4.78, 5) is 30.9. The Morgan fingerprint density at radius 1 is 1.06 bits per heavy atom. The minimum absolute atomic E-state index is 0.0192. The first-order valence-corrected chi connectivity index (χ1v) is 12.2. The molecule has 6 heteroatoms. The minimum Gasteiger partial charge on any atom is -0.376 e. The van der Waals surface area contributed by atoms with Crippen molar-refractivity contribution in [2.24, 2.45) is 0 Å². The number of nitrogens with zero attached hydrogens (tertiary/aromatic N) is 2. The summed E-state index contributed by atoms with van der Waals surface area (Å²) < 4.78 is 5.66. The Hall–Kier alpha value is -2.70. The number of piperidine rings is 1. The quantitative estimate of drug-likeness (QED) is 0.707. The van der Waals surface area contributed by atoms with E-state index in [1.165, 1.54) is 5.56 Å². The van der Waals surface area contributed by atoms with Gasteiger partial charge in [0.05, 0.1) is 18.1 Å². The Bertz CT molecular complexity index is 979. The van der Waals surface area contributed by atoms with Crippen molar-refractivity contribution in [2.75, 3.05) is 26.2 Å². The molecule has 0 spiro atoms. The minimum atomic E-state index is -0.454. The molecule has 0 aliphatic carbocycles. The van der Waals surface area contributed by atoms with E-state index < -0.39 is 5.54 Å². The highest BCUT2D eigenvalue weighted by atomic mass is 16.5. The number of carbonyl (C=O) groups excluding carboxylic acids is 2. The van der Waals surface area contributed by atoms with Crippen molar-refractivity contribution in [3.63, 3.8) is 0 Å². The monoisotopic (exact) mass is 447 g/mol. The van der Waals surface area contributed by atoms with Gasteiger partial charge in [-0.3, -0.25) is 14.5 Å². The molecule has 0 radical (unpaired) electrons. The highest BCUT2D eigenvalue weighted by Crippen LogP contribution is 2.38. The largest absolute Gasteiger partial charge is 0.376 e. The molecule has 174 valence electrons. The van der Waals surface area contributed by atoms with Crippen molar-refractivity contribution in [1.82, 2.24) is 15.1 Å². The third-order valence-electron chi connectivity index (χ3n) is 7.47. The molecule has 1 atom stereocenters. The molecule has 2 fully saturated rings. The van der Waals surface area contributed by atoms with Crippen LogP contribution in [0.5, 0.6) is 0 Å². The van der Waals surface area contributed by atoms with Gasteiger partial charge in [-0.2, -0.15) is 0 Å². The highest BCUT2D eigenvalue weighted by Gasteiger charge is 2.46. The van der Waals surface area contributed by atoms with Gasteiger partial charge in [-0.25, -0.2) is 0 Å². The smallest absolute Gasteiger partial charge is 0.254 e. The first kappa shape index (κ1) is 22.1. The van der Waals surface area contributed by atoms with Crippen LogP contribution in [0, 0.1) is 0 Å². The normalized spacial score (nSPS) is 22.4. The molecule has 6 nitrogen and oxygen atoms in total. The lowest BCUT2D eigenvalue weighted by atomic mass is 9.82. The van der Waals surface area contributed by atoms with Crippen LogP contribution >= 0.6 is 0 Å². The van der Waals surface area contributed by atoms with Crippen LogP contribution in [0.4, 0.5) is 0 Å². The van der Waals surface area contributed by atoms with Gasteiger partial charge in [-0.1, -0.05) is 48.5 Å². The lowest BCUT2D eigenvalue weighted by Gasteiger charge is -2.47. The second-order valence-electron chi connectivity index (χ2n) is 9.65. The van der Waals surface area contributed by atoms with E-state index in [0.717, 1.165) is 63.1 Å². The zero-order chi connectivity index (χ0) is 22.7. The average Bonchev–Trinajstić information content (AvgIpc) is 3.48. The molecular weight excluding hydrogens is 414 g/mol. The molecule has 3 aliphatic heterocycles. The van der Waals surface area contributed by atoms with E-state index in [-0.39, 0.29) is 17.9 Å². The molecule has 1 N–H and O–H groups in total. The summed E-state index contributed by atoms with van der Waals surface area (Å²) in [6, 6.07) is 18.3. The third-order valence-corrected chi connectivity index (χ3v) is 7.47. The van der Waals surface area contributed by atoms with E-state index in [1.807, 2.05) is 35.2 Å². The van der Waals surface area contributed by atoms with Crippen LogP contribution in [0.15, 0.2) is 54.6 Å². The molecule has 1 unspecified atom stereocenters. The van der Waals surface area contributed by atoms with E-state index >= 15 is 0 Å². The van der Waals surface area contributed by atoms with Crippen LogP contribution in [-0.4, -0.2) is 59.5 Å². The topological polar surface area (TPSA) is 61.9 Å². The van der Waals surface area contributed by atoms with Gasteiger partial charge in [0.15, 0.2) is 0 Å². The fourth-order valence-electron chi connectivity index (χ4n) is 5.54. The van der Waals surface area contributed by atoms with Crippen LogP contribution in [0.25, 0.3) is 0 Å². The number of nitrogens with one attached hydrogen (secondary N) is 1. The number of rotatable bonds is 7. The number of benzene rings is 2. The molecule has 2 amide bonds. The summed E-state index contributed by atoms with van der Waals surface area (Å²) in [5.41, 5.74) is 2.69. The van der Waals surface area contributed by atoms with E-state index in [2.05, 4.69) is 34.5 Å². The molecule has 0 aromatic heterocycles. The SMILES string of the molecule is O=C(CC1(N2Cc3ccccc3C2=O)CCN(Cc2ccccc2)CC1)NCC1CCCO1. The summed E-state index contributed by atoms with van der Waals surface area (Å²) in [7, 11) is 0. The number of ether oxygens (including phenoxy) is 1. The maximum Gasteiger partial charge on any atom is 0.254 e. The van der Waals surface area contributed by atoms with Gasteiger partial charge in [0.2, 0.25) is 5.91 Å². The number of hydrogen-bond donors (Lipinski definition) is 1. The molecule has 2 saturated heterocycles. The van der Waals surface area contributed by atoms with Gasteiger partial charge in [-0.05, 0) is 42.9 Å². The van der Waals surface area contributed by atoms with Gasteiger partial charge in [0.25, 0.3) is 5.91 Å². The third kappa shape index (κ3) is 4.82. The van der Waals surface area contributed by atoms with Crippen molar-refractivity contribution in [1.29, 1.82) is 0 Å². The average molecular weight is 448 g/mol. The number of likely N-dealkylation sites (tertiary alicyclic amines) is 1. The highest BCUT2D eigenvalue weighted by molar-refractivity contribution is 5.99. The van der Waals surface area contributed by atoms with Crippen molar-refractivity contribution in [2.45, 2.75) is 56.8 Å². The van der Waals surface area contributed by atoms with E-state index in [4.69, 9.17) is 4.74 Å². The predicted molar refractivity (Wildman–Crippen MR) is 127 cm³/mol. The molecule has 0 bridgehead atoms. The standard InChI is InChI=1S/C27H33N3O3/c31-25(28-18-23-10-6-16-33-23)17-27(30-20-22-9-4-5-11-24(22)26(30)32)12-14-29(15-13-27)19-21-7-2-1-3-8-21/h1-5,7-9,11,23H,6,10,12-20H2,(H,28,31). The van der Waals surface area contributed by atoms with Crippen molar-refractivity contribution >= 4 is 11.8 Å². The number of hydrogen-bond acceptors (Lipinski definition) is 4. The summed E-state index contributed by atoms with van der Waals surface area (Å²) in [5.74, 6) is 0.0831. The summed E-state index contributed by atoms with van der Waals surface area (Å²) in [6.45, 7) is 4.57. The van der Waals surface area contributed by atoms with Gasteiger partial charge < -0.3 is 15.0 Å². The second-order valence-corrected chi connectivity index (χ2v) is 9.65. The van der Waals surface area contributed by atoms with Crippen LogP contribution in [0.2, 0.25) is 0 Å². The number of carbonyl (C=O) groups is 2. The van der Waals surface area contributed by atoms with E-state index in [1.54, 1.807) is 0 Å². The molecule has 2 aromatic carbocycles. The van der Waals surface area contributed by atoms with E-state index in [9.17, 15) is 9.59 Å². The predicted octanol–water partition coefficient (Wildman–Crippen LogP) is 3.36. The Kier molecular flexibility index (Phi) is 6.47. The maximum atomic E-state index is 13.4. The second kappa shape index (κ2) is 9.65. The van der Waals surface area contributed by atoms with Gasteiger partial charge in [0, 0.05) is 44.9 Å². The molecule has 3 heterocycles. The molecule has 0 saturated carbocycles. The van der Waals surface area contributed by atoms with Crippen LogP contribution < -0.4 is 5.32 Å². The lowest BCUT2D eigenvalue weighted by Crippen LogP contribution is -2.57. The Balaban J connectivity index is 1.30. The fourth-order valence-corrected chi connectivity index (χ4v) is 5.54. The van der Waals surface area contributed by atoms with Crippen molar-refractivity contribution in [3.05, 3.63) is 71.3 Å². The first-order chi connectivity index (χ1) is 16.1. The molecule has 33 heavy (non-hydrogen) atoms. The molecule has 3 aliphatic rings. The molecular formula is C27H33N3O3. The number of fused-ring (bicyclic) bond motifs is 1. The summed E-state index contributed by atoms with van der Waals surface area (Å²) in [5, 5.41) is 3.09. The van der Waals surface area contributed by atoms with Crippen LogP contribution in [0.1, 0.15) is 53.6 Å². The summed E-state index contributed by atoms with van der Waals surface area (Å²) >= 11 is 0. The van der Waals surface area contributed by atoms with E-state index in [0.29, 0.717) is 19.5 Å². The zero-order valence-corrected chi connectivity index (χ0v) is 19.2. The molecule has 2 aromatic rings. The number of amides is 2. The fraction of sp³-hybridized carbons (Fsp3) is 0.481. The van der Waals surface area contributed by atoms with Gasteiger partial charge >= 0.3 is 0 Å². The Morgan fingerprint density at radius 2 is 1.82 bits per heavy atom. The Morgan fingerprint density at radius 3 is 2.55 bits per heavy atom. The first-order valence-electron chi connectivity index (χ1n) is 12.2. The van der Waals surface area contributed by atoms with Crippen LogP contribution in [0.3, 0.4) is 0 Å². The lowest BCUT2D eigenvalue weighted by molar-refractivity contribution is -0.125. The van der Waals surface area contributed by atoms with Crippen molar-refractivity contribution in [3.8, 4) is 0 Å². The summed E-state index contributed by atoms with van der Waals surface area (Å²) in [6.07, 6.45) is 4.12. The van der Waals surface area contributed by atoms with Crippen molar-refractivity contribution < 1.29 is 14.3 Å². The van der Waals surface area contributed by atoms with Gasteiger partial charge in [0.1, 0.15) is 0 Å².